The molecule has 0 aliphatic heterocycles. The van der Waals surface area contributed by atoms with E-state index in [9.17, 15) is 4.79 Å². The molecule has 2 aromatic rings. The Morgan fingerprint density at radius 3 is 2.67 bits per heavy atom. The lowest BCUT2D eigenvalue weighted by atomic mass is 10.1. The molecule has 1 amide bonds. The number of para-hydroxylation sites is 1. The number of thioether (sulfide) groups is 1. The van der Waals surface area contributed by atoms with Gasteiger partial charge in [0.05, 0.1) is 18.4 Å². The van der Waals surface area contributed by atoms with Crippen molar-refractivity contribution in [3.63, 3.8) is 0 Å². The Balaban J connectivity index is 2.07. The zero-order chi connectivity index (χ0) is 17.7. The molecule has 0 spiro atoms. The van der Waals surface area contributed by atoms with Crippen LogP contribution in [0, 0.1) is 5.92 Å². The number of methoxy groups -OCH3 is 1. The van der Waals surface area contributed by atoms with Gasteiger partial charge >= 0.3 is 0 Å². The van der Waals surface area contributed by atoms with Gasteiger partial charge < -0.3 is 14.6 Å². The van der Waals surface area contributed by atoms with Crippen LogP contribution in [0.3, 0.4) is 0 Å². The van der Waals surface area contributed by atoms with Gasteiger partial charge in [0.2, 0.25) is 5.91 Å². The Bertz CT molecular complexity index is 700. The molecule has 0 bridgehead atoms. The van der Waals surface area contributed by atoms with Crippen LogP contribution in [0.1, 0.15) is 20.8 Å². The summed E-state index contributed by atoms with van der Waals surface area (Å²) in [5.41, 5.74) is 0.875. The lowest BCUT2D eigenvalue weighted by molar-refractivity contribution is -0.119. The summed E-state index contributed by atoms with van der Waals surface area (Å²) in [5, 5.41) is 12.1. The van der Waals surface area contributed by atoms with Crippen molar-refractivity contribution in [2.45, 2.75) is 32.0 Å². The van der Waals surface area contributed by atoms with Crippen LogP contribution in [-0.4, -0.2) is 39.6 Å². The van der Waals surface area contributed by atoms with E-state index in [1.54, 1.807) is 7.11 Å². The molecule has 1 aromatic heterocycles. The van der Waals surface area contributed by atoms with Gasteiger partial charge in [0.1, 0.15) is 5.75 Å². The monoisotopic (exact) mass is 348 g/mol. The van der Waals surface area contributed by atoms with Gasteiger partial charge in [-0.15, -0.1) is 10.2 Å². The summed E-state index contributed by atoms with van der Waals surface area (Å²) < 4.78 is 7.25. The zero-order valence-corrected chi connectivity index (χ0v) is 15.6. The molecule has 1 aromatic carbocycles. The highest BCUT2D eigenvalue weighted by molar-refractivity contribution is 7.99. The highest BCUT2D eigenvalue weighted by Crippen LogP contribution is 2.29. The van der Waals surface area contributed by atoms with Crippen LogP contribution in [-0.2, 0) is 11.8 Å². The van der Waals surface area contributed by atoms with Crippen molar-refractivity contribution in [2.75, 3.05) is 12.9 Å². The second-order valence-corrected chi connectivity index (χ2v) is 6.90. The van der Waals surface area contributed by atoms with Gasteiger partial charge in [0.25, 0.3) is 0 Å². The van der Waals surface area contributed by atoms with Crippen LogP contribution in [0.25, 0.3) is 11.4 Å². The zero-order valence-electron chi connectivity index (χ0n) is 14.7. The van der Waals surface area contributed by atoms with Crippen molar-refractivity contribution < 1.29 is 9.53 Å². The Morgan fingerprint density at radius 1 is 1.29 bits per heavy atom. The average Bonchev–Trinajstić information content (AvgIpc) is 2.93. The average molecular weight is 348 g/mol. The van der Waals surface area contributed by atoms with E-state index in [0.717, 1.165) is 11.3 Å². The Morgan fingerprint density at radius 2 is 2.00 bits per heavy atom. The fourth-order valence-electron chi connectivity index (χ4n) is 2.10. The summed E-state index contributed by atoms with van der Waals surface area (Å²) in [6.45, 7) is 6.18. The number of amides is 1. The predicted octanol–water partition coefficient (Wildman–Crippen LogP) is 2.74. The minimum atomic E-state index is 0.00282. The number of hydrogen-bond acceptors (Lipinski definition) is 5. The van der Waals surface area contributed by atoms with E-state index in [0.29, 0.717) is 22.7 Å². The molecule has 0 unspecified atom stereocenters. The first-order chi connectivity index (χ1) is 11.4. The highest BCUT2D eigenvalue weighted by atomic mass is 32.2. The summed E-state index contributed by atoms with van der Waals surface area (Å²) in [7, 11) is 3.52. The molecule has 2 rings (SSSR count). The van der Waals surface area contributed by atoms with Crippen molar-refractivity contribution in [2.24, 2.45) is 13.0 Å². The predicted molar refractivity (Wildman–Crippen MR) is 96.2 cm³/mol. The van der Waals surface area contributed by atoms with E-state index < -0.39 is 0 Å². The third-order valence-electron chi connectivity index (χ3n) is 3.90. The van der Waals surface area contributed by atoms with Gasteiger partial charge in [-0.3, -0.25) is 4.79 Å². The molecule has 24 heavy (non-hydrogen) atoms. The van der Waals surface area contributed by atoms with Crippen LogP contribution < -0.4 is 10.1 Å². The molecule has 6 nitrogen and oxygen atoms in total. The highest BCUT2D eigenvalue weighted by Gasteiger charge is 2.16. The second-order valence-electron chi connectivity index (χ2n) is 5.95. The summed E-state index contributed by atoms with van der Waals surface area (Å²) in [5.74, 6) is 2.18. The Labute approximate surface area is 147 Å². The molecule has 0 saturated carbocycles. The molecule has 0 aliphatic rings. The number of carbonyl (C=O) groups is 1. The molecular weight excluding hydrogens is 324 g/mol. The van der Waals surface area contributed by atoms with Gasteiger partial charge in [-0.05, 0) is 25.0 Å². The first-order valence-corrected chi connectivity index (χ1v) is 8.87. The number of nitrogens with zero attached hydrogens (tertiary/aromatic N) is 3. The van der Waals surface area contributed by atoms with E-state index in [4.69, 9.17) is 4.74 Å². The van der Waals surface area contributed by atoms with Gasteiger partial charge in [0.15, 0.2) is 11.0 Å². The standard InChI is InChI=1S/C17H24N4O2S/c1-11(2)12(3)18-15(22)10-24-17-20-19-16(21(17)4)13-8-6-7-9-14(13)23-5/h6-9,11-12H,10H2,1-5H3,(H,18,22)/t12-/m0/s1. The van der Waals surface area contributed by atoms with E-state index in [-0.39, 0.29) is 11.9 Å². The van der Waals surface area contributed by atoms with E-state index in [2.05, 4.69) is 29.4 Å². The summed E-state index contributed by atoms with van der Waals surface area (Å²) in [4.78, 5) is 12.0. The fourth-order valence-corrected chi connectivity index (χ4v) is 2.82. The lowest BCUT2D eigenvalue weighted by Gasteiger charge is -2.17. The van der Waals surface area contributed by atoms with Crippen LogP contribution in [0.4, 0.5) is 0 Å². The van der Waals surface area contributed by atoms with Crippen molar-refractivity contribution in [1.82, 2.24) is 20.1 Å². The molecule has 0 fully saturated rings. The molecule has 0 radical (unpaired) electrons. The third kappa shape index (κ3) is 4.29. The number of carbonyl (C=O) groups excluding carboxylic acids is 1. The Kier molecular flexibility index (Phi) is 6.25. The SMILES string of the molecule is COc1ccccc1-c1nnc(SCC(=O)N[C@@H](C)C(C)C)n1C. The smallest absolute Gasteiger partial charge is 0.230 e. The second kappa shape index (κ2) is 8.19. The van der Waals surface area contributed by atoms with E-state index >= 15 is 0 Å². The van der Waals surface area contributed by atoms with Crippen LogP contribution in [0.2, 0.25) is 0 Å². The topological polar surface area (TPSA) is 69.0 Å². The van der Waals surface area contributed by atoms with E-state index in [1.807, 2.05) is 42.8 Å². The van der Waals surface area contributed by atoms with Gasteiger partial charge in [-0.2, -0.15) is 0 Å². The van der Waals surface area contributed by atoms with Gasteiger partial charge in [-0.25, -0.2) is 0 Å². The number of rotatable bonds is 7. The first kappa shape index (κ1) is 18.3. The number of hydrogen-bond donors (Lipinski definition) is 1. The minimum Gasteiger partial charge on any atom is -0.496 e. The molecule has 0 saturated heterocycles. The van der Waals surface area contributed by atoms with Crippen molar-refractivity contribution in [3.8, 4) is 17.1 Å². The van der Waals surface area contributed by atoms with E-state index in [1.165, 1.54) is 11.8 Å². The van der Waals surface area contributed by atoms with Crippen LogP contribution in [0.5, 0.6) is 5.75 Å². The van der Waals surface area contributed by atoms with Crippen LogP contribution in [0.15, 0.2) is 29.4 Å². The molecule has 1 atom stereocenters. The fraction of sp³-hybridized carbons (Fsp3) is 0.471. The van der Waals surface area contributed by atoms with Crippen LogP contribution >= 0.6 is 11.8 Å². The largest absolute Gasteiger partial charge is 0.496 e. The minimum absolute atomic E-state index is 0.00282. The maximum Gasteiger partial charge on any atom is 0.230 e. The van der Waals surface area contributed by atoms with Crippen molar-refractivity contribution in [3.05, 3.63) is 24.3 Å². The number of ether oxygens (including phenoxy) is 1. The lowest BCUT2D eigenvalue weighted by Crippen LogP contribution is -2.37. The summed E-state index contributed by atoms with van der Waals surface area (Å²) >= 11 is 1.37. The summed E-state index contributed by atoms with van der Waals surface area (Å²) in [6.07, 6.45) is 0. The summed E-state index contributed by atoms with van der Waals surface area (Å²) in [6, 6.07) is 7.82. The molecule has 7 heteroatoms. The molecule has 1 heterocycles. The van der Waals surface area contributed by atoms with Crippen molar-refractivity contribution >= 4 is 17.7 Å². The Hall–Kier alpha value is -2.02. The van der Waals surface area contributed by atoms with Gasteiger partial charge in [-0.1, -0.05) is 37.7 Å². The third-order valence-corrected chi connectivity index (χ3v) is 4.92. The molecule has 0 aliphatic carbocycles. The molecule has 1 N–H and O–H groups in total. The maximum absolute atomic E-state index is 12.0. The maximum atomic E-state index is 12.0. The number of aromatic nitrogens is 3. The van der Waals surface area contributed by atoms with Crippen molar-refractivity contribution in [1.29, 1.82) is 0 Å². The number of nitrogens with one attached hydrogen (secondary N) is 1. The molecular formula is C17H24N4O2S. The quantitative estimate of drug-likeness (QED) is 0.779. The molecule has 130 valence electrons. The first-order valence-electron chi connectivity index (χ1n) is 7.89. The normalized spacial score (nSPS) is 12.2. The van der Waals surface area contributed by atoms with Gasteiger partial charge in [0, 0.05) is 13.1 Å². The number of benzene rings is 1.